The first kappa shape index (κ1) is 14.4. The predicted octanol–water partition coefficient (Wildman–Crippen LogP) is 2.40. The molecule has 0 unspecified atom stereocenters. The number of fused-ring (bicyclic) bond motifs is 1. The standard InChI is InChI=1S/C13H8BNS.2H2O/c14-10-7-5-9(6-8-10)13-15-11-3-1-2-4-12(11)16-13;;/h1-8H;2*1H2/q+2;;/p-2. The van der Waals surface area contributed by atoms with Crippen LogP contribution in [0.15, 0.2) is 48.5 Å². The van der Waals surface area contributed by atoms with Gasteiger partial charge in [-0.15, -0.1) is 0 Å². The Morgan fingerprint density at radius 2 is 1.56 bits per heavy atom. The molecule has 0 radical (unpaired) electrons. The van der Waals surface area contributed by atoms with Crippen LogP contribution in [0, 0.1) is 0 Å². The molecule has 3 nitrogen and oxygen atoms in total. The zero-order chi connectivity index (χ0) is 11.0. The SMILES string of the molecule is [B+2]c1ccc(-c2nc3ccccc3s2)cc1.[OH-].[OH-]. The van der Waals surface area contributed by atoms with E-state index >= 15 is 0 Å². The van der Waals surface area contributed by atoms with Crippen molar-refractivity contribution in [1.82, 2.24) is 4.98 Å². The summed E-state index contributed by atoms with van der Waals surface area (Å²) in [4.78, 5) is 4.59. The fourth-order valence-corrected chi connectivity index (χ4v) is 2.59. The topological polar surface area (TPSA) is 72.9 Å². The summed E-state index contributed by atoms with van der Waals surface area (Å²) in [5, 5.41) is 1.04. The number of hydrogen-bond donors (Lipinski definition) is 0. The van der Waals surface area contributed by atoms with Crippen molar-refractivity contribution < 1.29 is 11.0 Å². The second-order valence-electron chi connectivity index (χ2n) is 3.61. The molecule has 0 aliphatic rings. The first-order chi connectivity index (χ1) is 7.83. The summed E-state index contributed by atoms with van der Waals surface area (Å²) in [5.74, 6) is 0. The molecule has 0 bridgehead atoms. The molecule has 0 amide bonds. The maximum absolute atomic E-state index is 5.66. The number of para-hydroxylation sites is 1. The Labute approximate surface area is 110 Å². The van der Waals surface area contributed by atoms with Gasteiger partial charge >= 0.3 is 98.9 Å². The molecule has 3 aromatic rings. The molecule has 0 fully saturated rings. The van der Waals surface area contributed by atoms with Gasteiger partial charge in [0.15, 0.2) is 0 Å². The maximum atomic E-state index is 5.66. The Morgan fingerprint density at radius 1 is 0.889 bits per heavy atom. The van der Waals surface area contributed by atoms with Gasteiger partial charge in [0, 0.05) is 0 Å². The van der Waals surface area contributed by atoms with Gasteiger partial charge in [-0.05, 0) is 0 Å². The third-order valence-corrected chi connectivity index (χ3v) is 3.54. The van der Waals surface area contributed by atoms with E-state index in [2.05, 4.69) is 11.1 Å². The van der Waals surface area contributed by atoms with Gasteiger partial charge < -0.3 is 11.0 Å². The normalized spacial score (nSPS) is 9.67. The molecule has 0 saturated carbocycles. The van der Waals surface area contributed by atoms with Gasteiger partial charge in [-0.2, -0.15) is 0 Å². The van der Waals surface area contributed by atoms with Crippen LogP contribution in [0.1, 0.15) is 0 Å². The molecule has 0 spiro atoms. The molecule has 5 heteroatoms. The third kappa shape index (κ3) is 2.59. The number of thiazole rings is 1. The minimum absolute atomic E-state index is 0. The van der Waals surface area contributed by atoms with Gasteiger partial charge in [0.05, 0.1) is 0 Å². The van der Waals surface area contributed by atoms with E-state index in [-0.39, 0.29) is 11.0 Å². The quantitative estimate of drug-likeness (QED) is 0.626. The first-order valence-electron chi connectivity index (χ1n) is 5.04. The second-order valence-corrected chi connectivity index (χ2v) is 4.64. The molecule has 0 saturated heterocycles. The van der Waals surface area contributed by atoms with E-state index in [0.717, 1.165) is 21.6 Å². The number of rotatable bonds is 1. The molecular formula is C13H10BNO2S. The van der Waals surface area contributed by atoms with E-state index in [1.54, 1.807) is 11.3 Å². The summed E-state index contributed by atoms with van der Waals surface area (Å²) < 4.78 is 1.22. The van der Waals surface area contributed by atoms with Crippen LogP contribution in [0.2, 0.25) is 0 Å². The Balaban J connectivity index is 0.000000810. The minimum Gasteiger partial charge on any atom is -0.870 e. The molecule has 88 valence electrons. The van der Waals surface area contributed by atoms with Crippen LogP contribution < -0.4 is 5.46 Å². The van der Waals surface area contributed by atoms with E-state index in [9.17, 15) is 0 Å². The zero-order valence-corrected chi connectivity index (χ0v) is 10.3. The summed E-state index contributed by atoms with van der Waals surface area (Å²) in [6.45, 7) is 0. The molecule has 1 aromatic heterocycles. The van der Waals surface area contributed by atoms with E-state index in [0.29, 0.717) is 0 Å². The molecule has 3 rings (SSSR count). The van der Waals surface area contributed by atoms with Crippen LogP contribution in [0.4, 0.5) is 0 Å². The van der Waals surface area contributed by atoms with Crippen molar-refractivity contribution in [1.29, 1.82) is 0 Å². The molecule has 0 aliphatic carbocycles. The molecule has 2 aromatic carbocycles. The summed E-state index contributed by atoms with van der Waals surface area (Å²) >= 11 is 1.70. The Hall–Kier alpha value is -1.69. The summed E-state index contributed by atoms with van der Waals surface area (Å²) in [6, 6.07) is 16.0. The Kier molecular flexibility index (Phi) is 4.61. The monoisotopic (exact) mass is 255 g/mol. The molecule has 0 atom stereocenters. The summed E-state index contributed by atoms with van der Waals surface area (Å²) in [7, 11) is 5.66. The number of benzene rings is 2. The third-order valence-electron chi connectivity index (χ3n) is 2.45. The number of hydrogen-bond acceptors (Lipinski definition) is 4. The fourth-order valence-electron chi connectivity index (χ4n) is 1.62. The minimum atomic E-state index is 0. The largest absolute Gasteiger partial charge is 0.870 e. The van der Waals surface area contributed by atoms with Gasteiger partial charge in [-0.1, -0.05) is 0 Å². The fraction of sp³-hybridized carbons (Fsp3) is 0. The van der Waals surface area contributed by atoms with Crippen LogP contribution in [0.25, 0.3) is 20.8 Å². The Morgan fingerprint density at radius 3 is 2.22 bits per heavy atom. The maximum Gasteiger partial charge on any atom is -0.870 e. The van der Waals surface area contributed by atoms with E-state index in [1.807, 2.05) is 42.5 Å². The van der Waals surface area contributed by atoms with Crippen LogP contribution in [0.5, 0.6) is 0 Å². The predicted molar refractivity (Wildman–Crippen MR) is 74.3 cm³/mol. The van der Waals surface area contributed by atoms with Gasteiger partial charge in [0.2, 0.25) is 0 Å². The number of nitrogens with zero attached hydrogens (tertiary/aromatic N) is 1. The van der Waals surface area contributed by atoms with Crippen molar-refractivity contribution >= 4 is 34.9 Å². The first-order valence-corrected chi connectivity index (χ1v) is 5.86. The van der Waals surface area contributed by atoms with Crippen LogP contribution in [-0.4, -0.2) is 23.8 Å². The summed E-state index contributed by atoms with van der Waals surface area (Å²) in [5.41, 5.74) is 2.96. The molecular weight excluding hydrogens is 245 g/mol. The van der Waals surface area contributed by atoms with E-state index in [1.165, 1.54) is 4.70 Å². The molecule has 18 heavy (non-hydrogen) atoms. The van der Waals surface area contributed by atoms with Crippen molar-refractivity contribution in [2.45, 2.75) is 0 Å². The van der Waals surface area contributed by atoms with Crippen molar-refractivity contribution in [2.24, 2.45) is 0 Å². The van der Waals surface area contributed by atoms with E-state index in [4.69, 9.17) is 7.85 Å². The van der Waals surface area contributed by atoms with Crippen molar-refractivity contribution in [2.75, 3.05) is 0 Å². The van der Waals surface area contributed by atoms with Crippen molar-refractivity contribution in [3.63, 3.8) is 0 Å². The molecule has 0 aliphatic heterocycles. The number of aromatic nitrogens is 1. The van der Waals surface area contributed by atoms with Gasteiger partial charge in [0.25, 0.3) is 0 Å². The smallest absolute Gasteiger partial charge is 0.870 e. The van der Waals surface area contributed by atoms with Crippen LogP contribution in [0.3, 0.4) is 0 Å². The van der Waals surface area contributed by atoms with Crippen molar-refractivity contribution in [3.05, 3.63) is 48.5 Å². The molecule has 2 N–H and O–H groups in total. The van der Waals surface area contributed by atoms with E-state index < -0.39 is 0 Å². The van der Waals surface area contributed by atoms with Gasteiger partial charge in [-0.3, -0.25) is 0 Å². The van der Waals surface area contributed by atoms with Crippen LogP contribution >= 0.6 is 11.3 Å². The average molecular weight is 255 g/mol. The van der Waals surface area contributed by atoms with Crippen molar-refractivity contribution in [3.8, 4) is 10.6 Å². The van der Waals surface area contributed by atoms with Crippen LogP contribution in [-0.2, 0) is 0 Å². The zero-order valence-electron chi connectivity index (χ0n) is 9.45. The van der Waals surface area contributed by atoms with Gasteiger partial charge in [0.1, 0.15) is 0 Å². The average Bonchev–Trinajstić information content (AvgIpc) is 2.73. The Bertz CT molecular complexity index is 604. The van der Waals surface area contributed by atoms with Gasteiger partial charge in [-0.25, -0.2) is 0 Å². The second kappa shape index (κ2) is 5.77. The molecule has 1 heterocycles. The summed E-state index contributed by atoms with van der Waals surface area (Å²) in [6.07, 6.45) is 0.